The molecule has 2 N–H and O–H groups in total. The smallest absolute Gasteiger partial charge is 0.323 e. The molecular weight excluding hydrogens is 296 g/mol. The first-order valence-electron chi connectivity index (χ1n) is 7.20. The largest absolute Gasteiger partial charge is 0.481 e. The molecule has 2 aromatic carbocycles. The summed E-state index contributed by atoms with van der Waals surface area (Å²) in [5.41, 5.74) is -0.256. The van der Waals surface area contributed by atoms with Crippen molar-refractivity contribution in [1.29, 1.82) is 0 Å². The Morgan fingerprint density at radius 2 is 1.52 bits per heavy atom. The molecule has 3 atom stereocenters. The van der Waals surface area contributed by atoms with Crippen molar-refractivity contribution in [1.82, 2.24) is 0 Å². The van der Waals surface area contributed by atoms with Crippen LogP contribution in [0.2, 0.25) is 0 Å². The molecule has 4 rings (SSSR count). The van der Waals surface area contributed by atoms with Crippen LogP contribution in [0.1, 0.15) is 33.0 Å². The lowest BCUT2D eigenvalue weighted by Gasteiger charge is -2.35. The molecule has 0 aromatic heterocycles. The third kappa shape index (κ3) is 1.39. The summed E-state index contributed by atoms with van der Waals surface area (Å²) in [6.45, 7) is 0. The number of hydrogen-bond donors (Lipinski definition) is 2. The van der Waals surface area contributed by atoms with Crippen LogP contribution in [0.3, 0.4) is 0 Å². The van der Waals surface area contributed by atoms with Gasteiger partial charge in [0.1, 0.15) is 0 Å². The zero-order valence-electron chi connectivity index (χ0n) is 11.9. The molecular formula is C18H12O5. The summed E-state index contributed by atoms with van der Waals surface area (Å²) in [5, 5.41) is 19.6. The minimum atomic E-state index is -2.05. The highest BCUT2D eigenvalue weighted by Gasteiger charge is 2.68. The van der Waals surface area contributed by atoms with Gasteiger partial charge in [-0.3, -0.25) is 14.4 Å². The molecule has 23 heavy (non-hydrogen) atoms. The fourth-order valence-electron chi connectivity index (χ4n) is 4.20. The maximum Gasteiger partial charge on any atom is 0.323 e. The first-order valence-corrected chi connectivity index (χ1v) is 7.20. The van der Waals surface area contributed by atoms with Crippen LogP contribution in [0, 0.1) is 5.92 Å². The summed E-state index contributed by atoms with van der Waals surface area (Å²) in [4.78, 5) is 37.2. The molecule has 0 amide bonds. The predicted molar refractivity (Wildman–Crippen MR) is 79.5 cm³/mol. The SMILES string of the molecule is O=C(O)C1C2c3ccccc3C(=O)C1(C(=O)O)c1ccccc12. The van der Waals surface area contributed by atoms with Gasteiger partial charge in [-0.15, -0.1) is 0 Å². The molecule has 0 spiro atoms. The van der Waals surface area contributed by atoms with Gasteiger partial charge in [0.2, 0.25) is 0 Å². The third-order valence-electron chi connectivity index (χ3n) is 5.02. The number of hydrogen-bond acceptors (Lipinski definition) is 3. The molecule has 2 aliphatic carbocycles. The van der Waals surface area contributed by atoms with E-state index in [0.717, 1.165) is 0 Å². The molecule has 0 radical (unpaired) electrons. The number of rotatable bonds is 2. The number of ketones is 1. The van der Waals surface area contributed by atoms with Crippen molar-refractivity contribution in [3.8, 4) is 0 Å². The van der Waals surface area contributed by atoms with Gasteiger partial charge < -0.3 is 10.2 Å². The molecule has 2 aliphatic rings. The minimum absolute atomic E-state index is 0.297. The molecule has 5 nitrogen and oxygen atoms in total. The molecule has 2 aromatic rings. The van der Waals surface area contributed by atoms with Crippen LogP contribution in [-0.2, 0) is 15.0 Å². The first kappa shape index (κ1) is 13.7. The standard InChI is InChI=1S/C18H12O5/c19-15-10-6-2-1-5-9(10)13-11-7-3-4-8-12(11)18(15,17(22)23)14(13)16(20)21/h1-8,13-14H,(H,20,21)(H,22,23). The van der Waals surface area contributed by atoms with Crippen molar-refractivity contribution >= 4 is 17.7 Å². The number of carbonyl (C=O) groups is 3. The van der Waals surface area contributed by atoms with E-state index in [4.69, 9.17) is 0 Å². The number of carboxylic acid groups (broad SMARTS) is 2. The van der Waals surface area contributed by atoms with Crippen LogP contribution in [-0.4, -0.2) is 27.9 Å². The Morgan fingerprint density at radius 3 is 2.17 bits per heavy atom. The average molecular weight is 308 g/mol. The van der Waals surface area contributed by atoms with E-state index in [0.29, 0.717) is 22.3 Å². The predicted octanol–water partition coefficient (Wildman–Crippen LogP) is 2.05. The van der Waals surface area contributed by atoms with Gasteiger partial charge >= 0.3 is 11.9 Å². The Labute approximate surface area is 131 Å². The van der Waals surface area contributed by atoms with Gasteiger partial charge in [0.25, 0.3) is 0 Å². The second kappa shape index (κ2) is 4.29. The second-order valence-electron chi connectivity index (χ2n) is 5.91. The van der Waals surface area contributed by atoms with Crippen molar-refractivity contribution in [2.24, 2.45) is 5.92 Å². The Kier molecular flexibility index (Phi) is 2.55. The average Bonchev–Trinajstić information content (AvgIpc) is 2.82. The van der Waals surface area contributed by atoms with E-state index in [1.54, 1.807) is 48.5 Å². The van der Waals surface area contributed by atoms with Crippen LogP contribution in [0.15, 0.2) is 48.5 Å². The minimum Gasteiger partial charge on any atom is -0.481 e. The van der Waals surface area contributed by atoms with E-state index in [2.05, 4.69) is 0 Å². The second-order valence-corrected chi connectivity index (χ2v) is 5.91. The van der Waals surface area contributed by atoms with Crippen LogP contribution in [0.4, 0.5) is 0 Å². The summed E-state index contributed by atoms with van der Waals surface area (Å²) in [6, 6.07) is 13.3. The first-order chi connectivity index (χ1) is 11.0. The van der Waals surface area contributed by atoms with Crippen LogP contribution >= 0.6 is 0 Å². The summed E-state index contributed by atoms with van der Waals surface area (Å²) in [5.74, 6) is -5.28. The van der Waals surface area contributed by atoms with Gasteiger partial charge in [0, 0.05) is 11.5 Å². The molecule has 0 fully saturated rings. The van der Waals surface area contributed by atoms with Crippen LogP contribution < -0.4 is 0 Å². The van der Waals surface area contributed by atoms with E-state index in [1.807, 2.05) is 0 Å². The molecule has 0 saturated carbocycles. The van der Waals surface area contributed by atoms with Gasteiger partial charge in [-0.25, -0.2) is 0 Å². The lowest BCUT2D eigenvalue weighted by Crippen LogP contribution is -2.53. The van der Waals surface area contributed by atoms with Gasteiger partial charge in [0.15, 0.2) is 11.2 Å². The van der Waals surface area contributed by atoms with Gasteiger partial charge in [0.05, 0.1) is 5.92 Å². The number of benzene rings is 2. The molecule has 114 valence electrons. The van der Waals surface area contributed by atoms with Gasteiger partial charge in [-0.05, 0) is 16.7 Å². The lowest BCUT2D eigenvalue weighted by molar-refractivity contribution is -0.153. The highest BCUT2D eigenvalue weighted by molar-refractivity contribution is 6.22. The number of Topliss-reactive ketones (excluding diaryl/α,β-unsaturated/α-hetero) is 1. The van der Waals surface area contributed by atoms with E-state index >= 15 is 0 Å². The van der Waals surface area contributed by atoms with Crippen molar-refractivity contribution in [2.45, 2.75) is 11.3 Å². The topological polar surface area (TPSA) is 91.7 Å². The van der Waals surface area contributed by atoms with Crippen molar-refractivity contribution in [3.63, 3.8) is 0 Å². The number of carbonyl (C=O) groups excluding carboxylic acids is 1. The maximum atomic E-state index is 13.1. The van der Waals surface area contributed by atoms with E-state index in [-0.39, 0.29) is 0 Å². The normalized spacial score (nSPS) is 27.2. The quantitative estimate of drug-likeness (QED) is 0.828. The molecule has 3 unspecified atom stereocenters. The monoisotopic (exact) mass is 308 g/mol. The van der Waals surface area contributed by atoms with Crippen LogP contribution in [0.5, 0.6) is 0 Å². The number of carboxylic acids is 2. The van der Waals surface area contributed by atoms with E-state index in [1.165, 1.54) is 0 Å². The highest BCUT2D eigenvalue weighted by atomic mass is 16.4. The summed E-state index contributed by atoms with van der Waals surface area (Å²) in [7, 11) is 0. The molecule has 5 heteroatoms. The summed E-state index contributed by atoms with van der Waals surface area (Å²) in [6.07, 6.45) is 0. The van der Waals surface area contributed by atoms with E-state index in [9.17, 15) is 24.6 Å². The third-order valence-corrected chi connectivity index (χ3v) is 5.02. The molecule has 0 saturated heterocycles. The van der Waals surface area contributed by atoms with Crippen molar-refractivity contribution in [3.05, 3.63) is 70.8 Å². The number of aliphatic carboxylic acids is 2. The highest BCUT2D eigenvalue weighted by Crippen LogP contribution is 2.58. The Hall–Kier alpha value is -2.95. The van der Waals surface area contributed by atoms with Gasteiger partial charge in [-0.2, -0.15) is 0 Å². The van der Waals surface area contributed by atoms with Crippen LogP contribution in [0.25, 0.3) is 0 Å². The fraction of sp³-hybridized carbons (Fsp3) is 0.167. The zero-order chi connectivity index (χ0) is 16.4. The molecule has 0 heterocycles. The van der Waals surface area contributed by atoms with Crippen molar-refractivity contribution < 1.29 is 24.6 Å². The maximum absolute atomic E-state index is 13.1. The van der Waals surface area contributed by atoms with Crippen molar-refractivity contribution in [2.75, 3.05) is 0 Å². The van der Waals surface area contributed by atoms with E-state index < -0.39 is 35.0 Å². The summed E-state index contributed by atoms with van der Waals surface area (Å²) < 4.78 is 0. The Balaban J connectivity index is 2.19. The number of fused-ring (bicyclic) bond motifs is 7. The Bertz CT molecular complexity index is 884. The molecule has 2 bridgehead atoms. The lowest BCUT2D eigenvalue weighted by atomic mass is 9.62. The molecule has 0 aliphatic heterocycles. The fourth-order valence-corrected chi connectivity index (χ4v) is 4.20. The van der Waals surface area contributed by atoms with Gasteiger partial charge in [-0.1, -0.05) is 48.5 Å². The zero-order valence-corrected chi connectivity index (χ0v) is 11.9. The Morgan fingerprint density at radius 1 is 0.913 bits per heavy atom. The summed E-state index contributed by atoms with van der Waals surface area (Å²) >= 11 is 0.